The van der Waals surface area contributed by atoms with E-state index >= 15 is 0 Å². The van der Waals surface area contributed by atoms with Crippen molar-refractivity contribution in [3.8, 4) is 0 Å². The summed E-state index contributed by atoms with van der Waals surface area (Å²) in [6.07, 6.45) is -3.92. The lowest BCUT2D eigenvalue weighted by Gasteiger charge is -2.09. The molecule has 1 aromatic rings. The number of nitrogens with two attached hydrogens (primary N) is 1. The average molecular weight is 244 g/mol. The molecule has 3 nitrogen and oxygen atoms in total. The van der Waals surface area contributed by atoms with Crippen molar-refractivity contribution in [3.63, 3.8) is 0 Å². The lowest BCUT2D eigenvalue weighted by atomic mass is 10.0. The zero-order chi connectivity index (χ0) is 12.5. The molecule has 0 aliphatic carbocycles. The van der Waals surface area contributed by atoms with E-state index in [0.717, 1.165) is 12.1 Å². The number of hydrogen-bond acceptors (Lipinski definition) is 3. The van der Waals surface area contributed by atoms with Crippen LogP contribution in [0.5, 0.6) is 0 Å². The van der Waals surface area contributed by atoms with Crippen LogP contribution in [0.4, 0.5) is 13.2 Å². The fraction of sp³-hybridized carbons (Fsp3) is 0.364. The van der Waals surface area contributed by atoms with Gasteiger partial charge < -0.3 is 10.5 Å². The zero-order valence-corrected chi connectivity index (χ0v) is 8.87. The normalized spacial score (nSPS) is 19.9. The van der Waals surface area contributed by atoms with E-state index in [2.05, 4.69) is 4.99 Å². The molecule has 1 unspecified atom stereocenters. The minimum absolute atomic E-state index is 0.0991. The Kier molecular flexibility index (Phi) is 2.95. The summed E-state index contributed by atoms with van der Waals surface area (Å²) in [7, 11) is 0. The molecular weight excluding hydrogens is 233 g/mol. The van der Waals surface area contributed by atoms with Gasteiger partial charge >= 0.3 is 6.18 Å². The van der Waals surface area contributed by atoms with Crippen LogP contribution in [-0.2, 0) is 17.3 Å². The van der Waals surface area contributed by atoms with Crippen LogP contribution in [0.1, 0.15) is 11.1 Å². The summed E-state index contributed by atoms with van der Waals surface area (Å²) in [5, 5.41) is 0. The fourth-order valence-electron chi connectivity index (χ4n) is 1.69. The summed E-state index contributed by atoms with van der Waals surface area (Å²) >= 11 is 0. The maximum absolute atomic E-state index is 12.5. The molecule has 2 rings (SSSR count). The molecule has 1 aromatic carbocycles. The van der Waals surface area contributed by atoms with Crippen molar-refractivity contribution in [2.45, 2.75) is 18.6 Å². The Morgan fingerprint density at radius 2 is 2.18 bits per heavy atom. The van der Waals surface area contributed by atoms with Crippen molar-refractivity contribution >= 4 is 6.02 Å². The summed E-state index contributed by atoms with van der Waals surface area (Å²) in [5.74, 6) is 0. The van der Waals surface area contributed by atoms with Crippen molar-refractivity contribution < 1.29 is 17.9 Å². The van der Waals surface area contributed by atoms with Crippen LogP contribution in [0, 0.1) is 0 Å². The first-order valence-electron chi connectivity index (χ1n) is 5.07. The number of rotatable bonds is 2. The van der Waals surface area contributed by atoms with Crippen molar-refractivity contribution in [2.75, 3.05) is 6.61 Å². The predicted octanol–water partition coefficient (Wildman–Crippen LogP) is 1.96. The third kappa shape index (κ3) is 2.89. The summed E-state index contributed by atoms with van der Waals surface area (Å²) in [5.41, 5.74) is 5.25. The number of alkyl halides is 3. The van der Waals surface area contributed by atoms with Gasteiger partial charge in [0.1, 0.15) is 6.61 Å². The van der Waals surface area contributed by atoms with Gasteiger partial charge in [0, 0.05) is 0 Å². The first kappa shape index (κ1) is 11.8. The van der Waals surface area contributed by atoms with Gasteiger partial charge in [0.25, 0.3) is 6.02 Å². The van der Waals surface area contributed by atoms with Gasteiger partial charge in [0.05, 0.1) is 11.6 Å². The third-order valence-corrected chi connectivity index (χ3v) is 2.46. The highest BCUT2D eigenvalue weighted by atomic mass is 19.4. The van der Waals surface area contributed by atoms with E-state index in [1.165, 1.54) is 6.07 Å². The van der Waals surface area contributed by atoms with E-state index in [9.17, 15) is 13.2 Å². The molecule has 0 saturated carbocycles. The summed E-state index contributed by atoms with van der Waals surface area (Å²) < 4.78 is 42.4. The SMILES string of the molecule is NC1=NC(Cc2cccc(C(F)(F)F)c2)CO1. The zero-order valence-electron chi connectivity index (χ0n) is 8.87. The Balaban J connectivity index is 2.12. The highest BCUT2D eigenvalue weighted by Gasteiger charge is 2.30. The molecule has 6 heteroatoms. The highest BCUT2D eigenvalue weighted by Crippen LogP contribution is 2.29. The van der Waals surface area contributed by atoms with Gasteiger partial charge in [-0.15, -0.1) is 0 Å². The number of halogens is 3. The molecule has 17 heavy (non-hydrogen) atoms. The molecular formula is C11H11F3N2O. The molecule has 1 aliphatic heterocycles. The number of hydrogen-bond donors (Lipinski definition) is 1. The molecule has 0 fully saturated rings. The summed E-state index contributed by atoms with van der Waals surface area (Å²) in [4.78, 5) is 3.97. The van der Waals surface area contributed by atoms with E-state index in [0.29, 0.717) is 18.6 Å². The van der Waals surface area contributed by atoms with Crippen LogP contribution in [0.25, 0.3) is 0 Å². The molecule has 92 valence electrons. The van der Waals surface area contributed by atoms with Crippen molar-refractivity contribution in [3.05, 3.63) is 35.4 Å². The fourth-order valence-corrected chi connectivity index (χ4v) is 1.69. The minimum Gasteiger partial charge on any atom is -0.463 e. The molecule has 1 aliphatic rings. The van der Waals surface area contributed by atoms with Gasteiger partial charge in [-0.2, -0.15) is 13.2 Å². The third-order valence-electron chi connectivity index (χ3n) is 2.46. The summed E-state index contributed by atoms with van der Waals surface area (Å²) in [6.45, 7) is 0.322. The van der Waals surface area contributed by atoms with E-state index in [1.807, 2.05) is 0 Å². The number of aliphatic imine (C=N–C) groups is 1. The molecule has 2 N–H and O–H groups in total. The van der Waals surface area contributed by atoms with Gasteiger partial charge in [0.2, 0.25) is 0 Å². The Morgan fingerprint density at radius 1 is 1.41 bits per heavy atom. The van der Waals surface area contributed by atoms with Crippen LogP contribution >= 0.6 is 0 Å². The van der Waals surface area contributed by atoms with E-state index in [1.54, 1.807) is 6.07 Å². The van der Waals surface area contributed by atoms with Crippen LogP contribution in [0.15, 0.2) is 29.3 Å². The van der Waals surface area contributed by atoms with Gasteiger partial charge in [-0.3, -0.25) is 0 Å². The smallest absolute Gasteiger partial charge is 0.416 e. The Bertz CT molecular complexity index is 443. The topological polar surface area (TPSA) is 47.6 Å². The quantitative estimate of drug-likeness (QED) is 0.864. The average Bonchev–Trinajstić information content (AvgIpc) is 2.63. The lowest BCUT2D eigenvalue weighted by Crippen LogP contribution is -2.12. The predicted molar refractivity (Wildman–Crippen MR) is 56.5 cm³/mol. The monoisotopic (exact) mass is 244 g/mol. The molecule has 0 radical (unpaired) electrons. The lowest BCUT2D eigenvalue weighted by molar-refractivity contribution is -0.137. The Morgan fingerprint density at radius 3 is 2.76 bits per heavy atom. The van der Waals surface area contributed by atoms with Gasteiger partial charge in [-0.1, -0.05) is 18.2 Å². The number of nitrogens with zero attached hydrogens (tertiary/aromatic N) is 1. The van der Waals surface area contributed by atoms with E-state index in [4.69, 9.17) is 10.5 Å². The Labute approximate surface area is 96.1 Å². The molecule has 0 saturated heterocycles. The van der Waals surface area contributed by atoms with Crippen molar-refractivity contribution in [2.24, 2.45) is 10.7 Å². The molecule has 0 aromatic heterocycles. The maximum Gasteiger partial charge on any atom is 0.416 e. The van der Waals surface area contributed by atoms with E-state index in [-0.39, 0.29) is 12.1 Å². The molecule has 0 amide bonds. The minimum atomic E-state index is -4.31. The second-order valence-corrected chi connectivity index (χ2v) is 3.83. The van der Waals surface area contributed by atoms with Crippen LogP contribution in [0.3, 0.4) is 0 Å². The van der Waals surface area contributed by atoms with Crippen LogP contribution < -0.4 is 5.73 Å². The highest BCUT2D eigenvalue weighted by molar-refractivity contribution is 5.73. The molecule has 0 bridgehead atoms. The number of benzene rings is 1. The van der Waals surface area contributed by atoms with Crippen molar-refractivity contribution in [1.29, 1.82) is 0 Å². The number of ether oxygens (including phenoxy) is 1. The van der Waals surface area contributed by atoms with Gasteiger partial charge in [-0.05, 0) is 18.1 Å². The van der Waals surface area contributed by atoms with Gasteiger partial charge in [0.15, 0.2) is 0 Å². The largest absolute Gasteiger partial charge is 0.463 e. The van der Waals surface area contributed by atoms with Crippen LogP contribution in [-0.4, -0.2) is 18.7 Å². The Hall–Kier alpha value is -1.72. The number of amidine groups is 1. The molecule has 0 spiro atoms. The first-order valence-corrected chi connectivity index (χ1v) is 5.07. The standard InChI is InChI=1S/C11H11F3N2O/c12-11(13,14)8-3-1-2-7(4-8)5-9-6-17-10(15)16-9/h1-4,9H,5-6H2,(H2,15,16). The van der Waals surface area contributed by atoms with Gasteiger partial charge in [-0.25, -0.2) is 4.99 Å². The van der Waals surface area contributed by atoms with Crippen LogP contribution in [0.2, 0.25) is 0 Å². The molecule has 1 heterocycles. The second kappa shape index (κ2) is 4.27. The first-order chi connectivity index (χ1) is 7.95. The summed E-state index contributed by atoms with van der Waals surface area (Å²) in [6, 6.07) is 5.11. The second-order valence-electron chi connectivity index (χ2n) is 3.83. The van der Waals surface area contributed by atoms with Crippen molar-refractivity contribution in [1.82, 2.24) is 0 Å². The van der Waals surface area contributed by atoms with E-state index < -0.39 is 11.7 Å². The maximum atomic E-state index is 12.5. The molecule has 1 atom stereocenters.